The average Bonchev–Trinajstić information content (AvgIpc) is 3.06. The molecule has 1 aromatic heterocycles. The minimum Gasteiger partial charge on any atom is -0.496 e. The van der Waals surface area contributed by atoms with Crippen LogP contribution in [0.2, 0.25) is 0 Å². The molecule has 0 spiro atoms. The lowest BCUT2D eigenvalue weighted by molar-refractivity contribution is 0.378. The lowest BCUT2D eigenvalue weighted by atomic mass is 10.0. The van der Waals surface area contributed by atoms with Crippen molar-refractivity contribution in [1.29, 1.82) is 0 Å². The van der Waals surface area contributed by atoms with Crippen molar-refractivity contribution in [2.45, 2.75) is 45.2 Å². The number of hydrogen-bond acceptors (Lipinski definition) is 3. The van der Waals surface area contributed by atoms with Crippen LogP contribution in [0.15, 0.2) is 41.8 Å². The number of benzene rings is 1. The fraction of sp³-hybridized carbons (Fsp3) is 0.444. The maximum atomic E-state index is 5.52. The fourth-order valence-electron chi connectivity index (χ4n) is 2.71. The molecule has 1 N–H and O–H groups in total. The number of hydrogen-bond donors (Lipinski definition) is 1. The Morgan fingerprint density at radius 1 is 1.10 bits per heavy atom. The van der Waals surface area contributed by atoms with Crippen molar-refractivity contribution < 1.29 is 4.74 Å². The van der Waals surface area contributed by atoms with E-state index in [1.54, 1.807) is 7.11 Å². The standard InChI is InChI=1S/C18H25NOS/c1-4-9-16(18-12-8-13-21-18)19-15(5-2)14-10-6-7-11-17(14)20-3/h6-8,10-13,15-16,19H,4-5,9H2,1-3H3. The molecular weight excluding hydrogens is 278 g/mol. The van der Waals surface area contributed by atoms with Crippen molar-refractivity contribution in [2.24, 2.45) is 0 Å². The van der Waals surface area contributed by atoms with Gasteiger partial charge < -0.3 is 10.1 Å². The molecule has 2 aromatic rings. The zero-order valence-corrected chi connectivity index (χ0v) is 14.0. The van der Waals surface area contributed by atoms with E-state index in [1.807, 2.05) is 23.5 Å². The summed E-state index contributed by atoms with van der Waals surface area (Å²) in [5.41, 5.74) is 1.25. The molecule has 1 heterocycles. The van der Waals surface area contributed by atoms with E-state index in [1.165, 1.54) is 16.9 Å². The molecule has 0 saturated heterocycles. The lowest BCUT2D eigenvalue weighted by Gasteiger charge is -2.26. The lowest BCUT2D eigenvalue weighted by Crippen LogP contribution is -2.26. The number of methoxy groups -OCH3 is 1. The van der Waals surface area contributed by atoms with Crippen molar-refractivity contribution in [3.63, 3.8) is 0 Å². The van der Waals surface area contributed by atoms with Crippen molar-refractivity contribution >= 4 is 11.3 Å². The van der Waals surface area contributed by atoms with Gasteiger partial charge in [-0.05, 0) is 30.4 Å². The minimum atomic E-state index is 0.319. The molecular formula is C18H25NOS. The van der Waals surface area contributed by atoms with Crippen LogP contribution in [0.1, 0.15) is 55.6 Å². The van der Waals surface area contributed by atoms with E-state index in [0.717, 1.165) is 18.6 Å². The van der Waals surface area contributed by atoms with Gasteiger partial charge in [0.05, 0.1) is 7.11 Å². The van der Waals surface area contributed by atoms with Crippen LogP contribution in [-0.2, 0) is 0 Å². The Morgan fingerprint density at radius 3 is 2.52 bits per heavy atom. The van der Waals surface area contributed by atoms with Crippen LogP contribution < -0.4 is 10.1 Å². The third kappa shape index (κ3) is 4.08. The van der Waals surface area contributed by atoms with Gasteiger partial charge in [0.15, 0.2) is 0 Å². The fourth-order valence-corrected chi connectivity index (χ4v) is 3.53. The molecule has 2 nitrogen and oxygen atoms in total. The molecule has 0 aliphatic heterocycles. The van der Waals surface area contributed by atoms with E-state index in [-0.39, 0.29) is 0 Å². The van der Waals surface area contributed by atoms with Crippen LogP contribution in [0, 0.1) is 0 Å². The Labute approximate surface area is 132 Å². The highest BCUT2D eigenvalue weighted by molar-refractivity contribution is 7.10. The highest BCUT2D eigenvalue weighted by atomic mass is 32.1. The quantitative estimate of drug-likeness (QED) is 0.711. The Bertz CT molecular complexity index is 524. The monoisotopic (exact) mass is 303 g/mol. The molecule has 0 aliphatic rings. The molecule has 3 heteroatoms. The van der Waals surface area contributed by atoms with Crippen LogP contribution >= 0.6 is 11.3 Å². The highest BCUT2D eigenvalue weighted by Crippen LogP contribution is 2.31. The Kier molecular flexibility index (Phi) is 6.27. The molecule has 114 valence electrons. The van der Waals surface area contributed by atoms with Crippen molar-refractivity contribution in [1.82, 2.24) is 5.32 Å². The summed E-state index contributed by atoms with van der Waals surface area (Å²) in [7, 11) is 1.74. The number of ether oxygens (including phenoxy) is 1. The summed E-state index contributed by atoms with van der Waals surface area (Å²) in [4.78, 5) is 1.42. The van der Waals surface area contributed by atoms with E-state index in [9.17, 15) is 0 Å². The van der Waals surface area contributed by atoms with Crippen molar-refractivity contribution in [3.8, 4) is 5.75 Å². The van der Waals surface area contributed by atoms with Gasteiger partial charge in [-0.2, -0.15) is 0 Å². The third-order valence-corrected chi connectivity index (χ3v) is 4.77. The summed E-state index contributed by atoms with van der Waals surface area (Å²) in [5.74, 6) is 0.971. The molecule has 0 bridgehead atoms. The maximum absolute atomic E-state index is 5.52. The Morgan fingerprint density at radius 2 is 1.90 bits per heavy atom. The van der Waals surface area contributed by atoms with E-state index < -0.39 is 0 Å². The third-order valence-electron chi connectivity index (χ3n) is 3.79. The average molecular weight is 303 g/mol. The van der Waals surface area contributed by atoms with Crippen molar-refractivity contribution in [2.75, 3.05) is 7.11 Å². The smallest absolute Gasteiger partial charge is 0.123 e. The molecule has 0 amide bonds. The first-order valence-corrected chi connectivity index (χ1v) is 8.60. The van der Waals surface area contributed by atoms with Crippen LogP contribution in [0.3, 0.4) is 0 Å². The molecule has 2 unspecified atom stereocenters. The van der Waals surface area contributed by atoms with E-state index >= 15 is 0 Å². The highest BCUT2D eigenvalue weighted by Gasteiger charge is 2.19. The largest absolute Gasteiger partial charge is 0.496 e. The molecule has 1 aromatic carbocycles. The molecule has 0 aliphatic carbocycles. The molecule has 2 atom stereocenters. The van der Waals surface area contributed by atoms with Crippen LogP contribution in [0.4, 0.5) is 0 Å². The van der Waals surface area contributed by atoms with Gasteiger partial charge in [-0.1, -0.05) is 44.5 Å². The molecule has 2 rings (SSSR count). The zero-order valence-electron chi connectivity index (χ0n) is 13.1. The Balaban J connectivity index is 2.20. The molecule has 0 radical (unpaired) electrons. The van der Waals surface area contributed by atoms with Crippen LogP contribution in [0.25, 0.3) is 0 Å². The number of para-hydroxylation sites is 1. The van der Waals surface area contributed by atoms with Gasteiger partial charge in [0, 0.05) is 22.5 Å². The number of nitrogens with one attached hydrogen (secondary N) is 1. The van der Waals surface area contributed by atoms with Gasteiger partial charge in [0.1, 0.15) is 5.75 Å². The number of thiophene rings is 1. The maximum Gasteiger partial charge on any atom is 0.123 e. The minimum absolute atomic E-state index is 0.319. The van der Waals surface area contributed by atoms with E-state index in [2.05, 4.69) is 48.8 Å². The second kappa shape index (κ2) is 8.20. The van der Waals surface area contributed by atoms with Crippen LogP contribution in [0.5, 0.6) is 5.75 Å². The van der Waals surface area contributed by atoms with Crippen LogP contribution in [-0.4, -0.2) is 7.11 Å². The van der Waals surface area contributed by atoms with Gasteiger partial charge in [0.25, 0.3) is 0 Å². The molecule has 0 saturated carbocycles. The summed E-state index contributed by atoms with van der Waals surface area (Å²) >= 11 is 1.83. The SMILES string of the molecule is CCCC(NC(CC)c1ccccc1OC)c1cccs1. The van der Waals surface area contributed by atoms with Gasteiger partial charge in [-0.25, -0.2) is 0 Å². The van der Waals surface area contributed by atoms with E-state index in [4.69, 9.17) is 4.74 Å². The van der Waals surface area contributed by atoms with E-state index in [0.29, 0.717) is 12.1 Å². The molecule has 0 fully saturated rings. The first-order chi connectivity index (χ1) is 10.3. The summed E-state index contributed by atoms with van der Waals surface area (Å²) in [6.07, 6.45) is 3.38. The number of rotatable bonds is 8. The van der Waals surface area contributed by atoms with Gasteiger partial charge in [-0.15, -0.1) is 11.3 Å². The summed E-state index contributed by atoms with van der Waals surface area (Å²) in [5, 5.41) is 5.98. The first-order valence-electron chi connectivity index (χ1n) is 7.72. The zero-order chi connectivity index (χ0) is 15.1. The second-order valence-corrected chi connectivity index (χ2v) is 6.21. The Hall–Kier alpha value is -1.32. The van der Waals surface area contributed by atoms with Gasteiger partial charge >= 0.3 is 0 Å². The van der Waals surface area contributed by atoms with Gasteiger partial charge in [-0.3, -0.25) is 0 Å². The predicted molar refractivity (Wildman–Crippen MR) is 91.1 cm³/mol. The summed E-state index contributed by atoms with van der Waals surface area (Å²) in [6.45, 7) is 4.47. The summed E-state index contributed by atoms with van der Waals surface area (Å²) in [6, 6.07) is 13.4. The predicted octanol–water partition coefficient (Wildman–Crippen LogP) is 5.34. The van der Waals surface area contributed by atoms with Gasteiger partial charge in [0.2, 0.25) is 0 Å². The topological polar surface area (TPSA) is 21.3 Å². The molecule has 21 heavy (non-hydrogen) atoms. The van der Waals surface area contributed by atoms with Crippen molar-refractivity contribution in [3.05, 3.63) is 52.2 Å². The first kappa shape index (κ1) is 16.1. The second-order valence-electron chi connectivity index (χ2n) is 5.23. The normalized spacial score (nSPS) is 13.9. The summed E-state index contributed by atoms with van der Waals surface area (Å²) < 4.78 is 5.52.